The highest BCUT2D eigenvalue weighted by atomic mass is 19.1. The van der Waals surface area contributed by atoms with Gasteiger partial charge in [-0.15, -0.1) is 0 Å². The van der Waals surface area contributed by atoms with E-state index in [1.165, 1.54) is 6.07 Å². The Morgan fingerprint density at radius 1 is 1.38 bits per heavy atom. The van der Waals surface area contributed by atoms with Crippen molar-refractivity contribution in [2.24, 2.45) is 7.05 Å². The van der Waals surface area contributed by atoms with Crippen molar-refractivity contribution >= 4 is 0 Å². The third-order valence-corrected chi connectivity index (χ3v) is 2.31. The zero-order chi connectivity index (χ0) is 11.5. The van der Waals surface area contributed by atoms with E-state index < -0.39 is 0 Å². The van der Waals surface area contributed by atoms with Crippen LogP contribution in [0.3, 0.4) is 0 Å². The summed E-state index contributed by atoms with van der Waals surface area (Å²) < 4.78 is 20.4. The number of aromatic nitrogens is 2. The molecule has 2 rings (SSSR count). The Bertz CT molecular complexity index is 494. The van der Waals surface area contributed by atoms with E-state index in [0.29, 0.717) is 6.61 Å². The summed E-state index contributed by atoms with van der Waals surface area (Å²) in [5.74, 6) is -0.0808. The zero-order valence-corrected chi connectivity index (χ0v) is 9.27. The van der Waals surface area contributed by atoms with Crippen molar-refractivity contribution in [2.75, 3.05) is 0 Å². The SMILES string of the molecule is Cc1cc(COc2ccccc2F)n(C)n1. The van der Waals surface area contributed by atoms with Crippen LogP contribution in [0.4, 0.5) is 4.39 Å². The lowest BCUT2D eigenvalue weighted by Gasteiger charge is -2.06. The lowest BCUT2D eigenvalue weighted by molar-refractivity contribution is 0.280. The summed E-state index contributed by atoms with van der Waals surface area (Å²) in [6.45, 7) is 2.23. The van der Waals surface area contributed by atoms with E-state index in [1.807, 2.05) is 20.0 Å². The van der Waals surface area contributed by atoms with E-state index in [4.69, 9.17) is 4.74 Å². The first-order chi connectivity index (χ1) is 7.66. The van der Waals surface area contributed by atoms with Crippen LogP contribution in [0.1, 0.15) is 11.4 Å². The highest BCUT2D eigenvalue weighted by Crippen LogP contribution is 2.17. The first-order valence-electron chi connectivity index (χ1n) is 5.03. The maximum Gasteiger partial charge on any atom is 0.165 e. The molecule has 0 saturated carbocycles. The summed E-state index contributed by atoms with van der Waals surface area (Å²) in [6, 6.07) is 8.28. The van der Waals surface area contributed by atoms with Gasteiger partial charge in [-0.3, -0.25) is 4.68 Å². The van der Waals surface area contributed by atoms with Gasteiger partial charge in [0.1, 0.15) is 6.61 Å². The molecule has 3 nitrogen and oxygen atoms in total. The molecular formula is C12H13FN2O. The van der Waals surface area contributed by atoms with Crippen LogP contribution < -0.4 is 4.74 Å². The van der Waals surface area contributed by atoms with E-state index in [1.54, 1.807) is 22.9 Å². The fraction of sp³-hybridized carbons (Fsp3) is 0.250. The second-order valence-electron chi connectivity index (χ2n) is 3.62. The van der Waals surface area contributed by atoms with Gasteiger partial charge in [-0.1, -0.05) is 12.1 Å². The van der Waals surface area contributed by atoms with Gasteiger partial charge in [-0.2, -0.15) is 5.10 Å². The molecule has 2 aromatic rings. The van der Waals surface area contributed by atoms with Gasteiger partial charge in [0.05, 0.1) is 11.4 Å². The van der Waals surface area contributed by atoms with Crippen LogP contribution in [-0.2, 0) is 13.7 Å². The van der Waals surface area contributed by atoms with Crippen LogP contribution in [0.15, 0.2) is 30.3 Å². The van der Waals surface area contributed by atoms with Crippen LogP contribution in [0.5, 0.6) is 5.75 Å². The molecule has 1 aromatic carbocycles. The van der Waals surface area contributed by atoms with Gasteiger partial charge in [-0.05, 0) is 25.1 Å². The molecule has 0 bridgehead atoms. The van der Waals surface area contributed by atoms with Crippen molar-refractivity contribution in [2.45, 2.75) is 13.5 Å². The molecule has 0 aliphatic heterocycles. The molecule has 0 aliphatic carbocycles. The van der Waals surface area contributed by atoms with Crippen molar-refractivity contribution in [1.29, 1.82) is 0 Å². The summed E-state index contributed by atoms with van der Waals surface area (Å²) in [5, 5.41) is 4.19. The number of ether oxygens (including phenoxy) is 1. The predicted octanol–water partition coefficient (Wildman–Crippen LogP) is 2.45. The standard InChI is InChI=1S/C12H13FN2O/c1-9-7-10(15(2)14-9)8-16-12-6-4-3-5-11(12)13/h3-7H,8H2,1-2H3. The number of benzene rings is 1. The summed E-state index contributed by atoms with van der Waals surface area (Å²) in [7, 11) is 1.84. The smallest absolute Gasteiger partial charge is 0.165 e. The van der Waals surface area contributed by atoms with Crippen molar-refractivity contribution in [3.05, 3.63) is 47.5 Å². The van der Waals surface area contributed by atoms with Crippen LogP contribution in [0.2, 0.25) is 0 Å². The van der Waals surface area contributed by atoms with E-state index >= 15 is 0 Å². The maximum absolute atomic E-state index is 13.3. The van der Waals surface area contributed by atoms with Gasteiger partial charge >= 0.3 is 0 Å². The first-order valence-corrected chi connectivity index (χ1v) is 5.03. The van der Waals surface area contributed by atoms with Crippen LogP contribution >= 0.6 is 0 Å². The van der Waals surface area contributed by atoms with Crippen molar-refractivity contribution in [3.8, 4) is 5.75 Å². The number of hydrogen-bond acceptors (Lipinski definition) is 2. The van der Waals surface area contributed by atoms with E-state index in [2.05, 4.69) is 5.10 Å². The largest absolute Gasteiger partial charge is 0.484 e. The Morgan fingerprint density at radius 3 is 2.75 bits per heavy atom. The Morgan fingerprint density at radius 2 is 2.12 bits per heavy atom. The summed E-state index contributed by atoms with van der Waals surface area (Å²) in [6.07, 6.45) is 0. The van der Waals surface area contributed by atoms with Crippen molar-refractivity contribution < 1.29 is 9.13 Å². The Balaban J connectivity index is 2.08. The van der Waals surface area contributed by atoms with Gasteiger partial charge in [0, 0.05) is 7.05 Å². The normalized spacial score (nSPS) is 10.4. The summed E-state index contributed by atoms with van der Waals surface area (Å²) >= 11 is 0. The highest BCUT2D eigenvalue weighted by molar-refractivity contribution is 5.24. The fourth-order valence-corrected chi connectivity index (χ4v) is 1.51. The van der Waals surface area contributed by atoms with Crippen molar-refractivity contribution in [3.63, 3.8) is 0 Å². The molecule has 0 amide bonds. The number of halogens is 1. The van der Waals surface area contributed by atoms with E-state index in [0.717, 1.165) is 11.4 Å². The Hall–Kier alpha value is -1.84. The zero-order valence-electron chi connectivity index (χ0n) is 9.27. The molecule has 0 N–H and O–H groups in total. The number of aryl methyl sites for hydroxylation is 2. The molecule has 0 fully saturated rings. The highest BCUT2D eigenvalue weighted by Gasteiger charge is 2.05. The topological polar surface area (TPSA) is 27.1 Å². The van der Waals surface area contributed by atoms with Gasteiger partial charge < -0.3 is 4.74 Å². The third kappa shape index (κ3) is 2.21. The molecule has 4 heteroatoms. The lowest BCUT2D eigenvalue weighted by Crippen LogP contribution is -2.03. The van der Waals surface area contributed by atoms with Gasteiger partial charge in [0.2, 0.25) is 0 Å². The van der Waals surface area contributed by atoms with Gasteiger partial charge in [-0.25, -0.2) is 4.39 Å². The minimum atomic E-state index is -0.346. The Kier molecular flexibility index (Phi) is 2.90. The van der Waals surface area contributed by atoms with Crippen LogP contribution in [-0.4, -0.2) is 9.78 Å². The number of para-hydroxylation sites is 1. The monoisotopic (exact) mass is 220 g/mol. The average Bonchev–Trinajstić information content (AvgIpc) is 2.56. The van der Waals surface area contributed by atoms with E-state index in [9.17, 15) is 4.39 Å². The lowest BCUT2D eigenvalue weighted by atomic mass is 10.3. The van der Waals surface area contributed by atoms with Gasteiger partial charge in [0.15, 0.2) is 11.6 Å². The molecule has 84 valence electrons. The number of rotatable bonds is 3. The molecule has 0 atom stereocenters. The van der Waals surface area contributed by atoms with Crippen molar-refractivity contribution in [1.82, 2.24) is 9.78 Å². The molecule has 0 saturated heterocycles. The molecule has 1 heterocycles. The quantitative estimate of drug-likeness (QED) is 0.794. The molecule has 0 unspecified atom stereocenters. The fourth-order valence-electron chi connectivity index (χ4n) is 1.51. The maximum atomic E-state index is 13.3. The van der Waals surface area contributed by atoms with E-state index in [-0.39, 0.29) is 11.6 Å². The second-order valence-corrected chi connectivity index (χ2v) is 3.62. The first kappa shape index (κ1) is 10.7. The minimum Gasteiger partial charge on any atom is -0.484 e. The van der Waals surface area contributed by atoms with Crippen LogP contribution in [0, 0.1) is 12.7 Å². The summed E-state index contributed by atoms with van der Waals surface area (Å²) in [5.41, 5.74) is 1.84. The van der Waals surface area contributed by atoms with Crippen LogP contribution in [0.25, 0.3) is 0 Å². The summed E-state index contributed by atoms with van der Waals surface area (Å²) in [4.78, 5) is 0. The third-order valence-electron chi connectivity index (χ3n) is 2.31. The molecule has 0 aliphatic rings. The predicted molar refractivity (Wildman–Crippen MR) is 58.7 cm³/mol. The molecule has 0 radical (unpaired) electrons. The Labute approximate surface area is 93.5 Å². The molecule has 16 heavy (non-hydrogen) atoms. The number of nitrogens with zero attached hydrogens (tertiary/aromatic N) is 2. The van der Waals surface area contributed by atoms with Gasteiger partial charge in [0.25, 0.3) is 0 Å². The average molecular weight is 220 g/mol. The molecular weight excluding hydrogens is 207 g/mol. The molecule has 0 spiro atoms. The second kappa shape index (κ2) is 4.35. The minimum absolute atomic E-state index is 0.265. The number of hydrogen-bond donors (Lipinski definition) is 0. The molecule has 1 aromatic heterocycles.